The van der Waals surface area contributed by atoms with Crippen molar-refractivity contribution in [2.45, 2.75) is 63.8 Å². The number of nitrogens with one attached hydrogen (secondary N) is 2. The van der Waals surface area contributed by atoms with Crippen molar-refractivity contribution >= 4 is 5.91 Å². The third-order valence-electron chi connectivity index (χ3n) is 6.44. The second kappa shape index (κ2) is 5.01. The zero-order valence-electron chi connectivity index (χ0n) is 12.5. The van der Waals surface area contributed by atoms with E-state index in [4.69, 9.17) is 0 Å². The van der Waals surface area contributed by atoms with E-state index < -0.39 is 0 Å². The topological polar surface area (TPSA) is 41.1 Å². The summed E-state index contributed by atoms with van der Waals surface area (Å²) in [5.74, 6) is 2.98. The molecule has 0 aromatic heterocycles. The number of hydrogen-bond donors (Lipinski definition) is 2. The molecule has 5 rings (SSSR count). The van der Waals surface area contributed by atoms with Crippen LogP contribution in [0.1, 0.15) is 57.8 Å². The molecular formula is C17H28N2O. The van der Waals surface area contributed by atoms with Gasteiger partial charge in [0.05, 0.1) is 0 Å². The summed E-state index contributed by atoms with van der Waals surface area (Å²) in [5, 5.41) is 6.84. The highest BCUT2D eigenvalue weighted by atomic mass is 16.2. The second-order valence-corrected chi connectivity index (χ2v) is 8.05. The number of amides is 1. The number of carbonyl (C=O) groups excluding carboxylic acids is 1. The molecule has 1 unspecified atom stereocenters. The number of carbonyl (C=O) groups is 1. The van der Waals surface area contributed by atoms with Gasteiger partial charge in [0.25, 0.3) is 0 Å². The van der Waals surface area contributed by atoms with Crippen molar-refractivity contribution in [2.24, 2.45) is 23.2 Å². The standard InChI is InChI=1S/C17H28N2O/c20-16(19-11-15-3-1-2-4-18-15)17-8-12-5-13(9-17)7-14(6-12)10-17/h12-15,18H,1-11H2,(H,19,20). The SMILES string of the molecule is O=C(NCC1CCCCN1)C12CC3CC(CC(C3)C1)C2. The van der Waals surface area contributed by atoms with Gasteiger partial charge in [-0.2, -0.15) is 0 Å². The molecule has 0 aromatic rings. The maximum absolute atomic E-state index is 12.8. The fourth-order valence-corrected chi connectivity index (χ4v) is 5.89. The molecule has 0 spiro atoms. The summed E-state index contributed by atoms with van der Waals surface area (Å²) in [6.07, 6.45) is 11.6. The predicted molar refractivity (Wildman–Crippen MR) is 79.3 cm³/mol. The normalized spacial score (nSPS) is 46.4. The highest BCUT2D eigenvalue weighted by Crippen LogP contribution is 2.60. The van der Waals surface area contributed by atoms with Crippen molar-refractivity contribution in [3.05, 3.63) is 0 Å². The zero-order chi connectivity index (χ0) is 13.6. The summed E-state index contributed by atoms with van der Waals surface area (Å²) in [6.45, 7) is 1.97. The van der Waals surface area contributed by atoms with Crippen molar-refractivity contribution in [3.63, 3.8) is 0 Å². The van der Waals surface area contributed by atoms with E-state index in [1.807, 2.05) is 0 Å². The molecule has 1 heterocycles. The third-order valence-corrected chi connectivity index (χ3v) is 6.44. The Morgan fingerprint density at radius 3 is 2.25 bits per heavy atom. The van der Waals surface area contributed by atoms with Crippen LogP contribution in [0.5, 0.6) is 0 Å². The average Bonchev–Trinajstić information content (AvgIpc) is 2.44. The molecule has 5 aliphatic rings. The van der Waals surface area contributed by atoms with E-state index in [0.717, 1.165) is 30.8 Å². The summed E-state index contributed by atoms with van der Waals surface area (Å²) in [4.78, 5) is 12.8. The van der Waals surface area contributed by atoms with E-state index in [-0.39, 0.29) is 5.41 Å². The Bertz CT molecular complexity index is 351. The lowest BCUT2D eigenvalue weighted by Gasteiger charge is -2.55. The molecule has 112 valence electrons. The Morgan fingerprint density at radius 2 is 1.70 bits per heavy atom. The highest BCUT2D eigenvalue weighted by molar-refractivity contribution is 5.83. The molecule has 3 heteroatoms. The maximum atomic E-state index is 12.8. The molecule has 1 aliphatic heterocycles. The van der Waals surface area contributed by atoms with Crippen LogP contribution in [-0.2, 0) is 4.79 Å². The molecular weight excluding hydrogens is 248 g/mol. The van der Waals surface area contributed by atoms with E-state index in [9.17, 15) is 4.79 Å². The molecule has 0 aromatic carbocycles. The van der Waals surface area contributed by atoms with Crippen LogP contribution in [-0.4, -0.2) is 25.0 Å². The van der Waals surface area contributed by atoms with Gasteiger partial charge in [0.15, 0.2) is 0 Å². The molecule has 1 saturated heterocycles. The van der Waals surface area contributed by atoms with Crippen LogP contribution in [0, 0.1) is 23.2 Å². The first-order valence-electron chi connectivity index (χ1n) is 8.75. The van der Waals surface area contributed by atoms with Gasteiger partial charge in [-0.15, -0.1) is 0 Å². The lowest BCUT2D eigenvalue weighted by Crippen LogP contribution is -2.55. The zero-order valence-corrected chi connectivity index (χ0v) is 12.5. The van der Waals surface area contributed by atoms with Gasteiger partial charge in [-0.3, -0.25) is 4.79 Å². The minimum absolute atomic E-state index is 0.0312. The first-order chi connectivity index (χ1) is 9.73. The van der Waals surface area contributed by atoms with Gasteiger partial charge in [0, 0.05) is 18.0 Å². The largest absolute Gasteiger partial charge is 0.354 e. The smallest absolute Gasteiger partial charge is 0.226 e. The Balaban J connectivity index is 1.38. The summed E-state index contributed by atoms with van der Waals surface area (Å²) in [7, 11) is 0. The molecule has 4 saturated carbocycles. The molecule has 0 radical (unpaired) electrons. The van der Waals surface area contributed by atoms with E-state index in [1.54, 1.807) is 0 Å². The quantitative estimate of drug-likeness (QED) is 0.831. The molecule has 1 amide bonds. The molecule has 3 nitrogen and oxygen atoms in total. The van der Waals surface area contributed by atoms with Crippen LogP contribution < -0.4 is 10.6 Å². The van der Waals surface area contributed by atoms with Crippen molar-refractivity contribution in [1.82, 2.24) is 10.6 Å². The van der Waals surface area contributed by atoms with E-state index >= 15 is 0 Å². The minimum Gasteiger partial charge on any atom is -0.354 e. The van der Waals surface area contributed by atoms with E-state index in [0.29, 0.717) is 11.9 Å². The van der Waals surface area contributed by atoms with Crippen molar-refractivity contribution in [1.29, 1.82) is 0 Å². The third kappa shape index (κ3) is 2.28. The van der Waals surface area contributed by atoms with Gasteiger partial charge < -0.3 is 10.6 Å². The van der Waals surface area contributed by atoms with Gasteiger partial charge in [-0.25, -0.2) is 0 Å². The maximum Gasteiger partial charge on any atom is 0.226 e. The van der Waals surface area contributed by atoms with Crippen LogP contribution in [0.25, 0.3) is 0 Å². The number of rotatable bonds is 3. The van der Waals surface area contributed by atoms with Crippen LogP contribution >= 0.6 is 0 Å². The van der Waals surface area contributed by atoms with Crippen molar-refractivity contribution in [3.8, 4) is 0 Å². The van der Waals surface area contributed by atoms with Crippen LogP contribution in [0.2, 0.25) is 0 Å². The summed E-state index contributed by atoms with van der Waals surface area (Å²) in [5.41, 5.74) is 0.0312. The molecule has 1 atom stereocenters. The highest BCUT2D eigenvalue weighted by Gasteiger charge is 2.54. The monoisotopic (exact) mass is 276 g/mol. The average molecular weight is 276 g/mol. The Kier molecular flexibility index (Phi) is 3.29. The van der Waals surface area contributed by atoms with E-state index in [1.165, 1.54) is 57.8 Å². The first-order valence-corrected chi connectivity index (χ1v) is 8.75. The lowest BCUT2D eigenvalue weighted by molar-refractivity contribution is -0.146. The van der Waals surface area contributed by atoms with Crippen molar-refractivity contribution in [2.75, 3.05) is 13.1 Å². The molecule has 4 aliphatic carbocycles. The number of piperidine rings is 1. The van der Waals surface area contributed by atoms with Gasteiger partial charge in [-0.05, 0) is 75.7 Å². The fraction of sp³-hybridized carbons (Fsp3) is 0.941. The molecule has 5 fully saturated rings. The second-order valence-electron chi connectivity index (χ2n) is 8.05. The summed E-state index contributed by atoms with van der Waals surface area (Å²) >= 11 is 0. The lowest BCUT2D eigenvalue weighted by atomic mass is 9.49. The Labute approximate surface area is 122 Å². The number of hydrogen-bond acceptors (Lipinski definition) is 2. The Morgan fingerprint density at radius 1 is 1.05 bits per heavy atom. The van der Waals surface area contributed by atoms with Crippen LogP contribution in [0.15, 0.2) is 0 Å². The molecule has 4 bridgehead atoms. The minimum atomic E-state index is 0.0312. The molecule has 2 N–H and O–H groups in total. The van der Waals surface area contributed by atoms with Crippen LogP contribution in [0.3, 0.4) is 0 Å². The van der Waals surface area contributed by atoms with Gasteiger partial charge in [-0.1, -0.05) is 6.42 Å². The molecule has 20 heavy (non-hydrogen) atoms. The Hall–Kier alpha value is -0.570. The van der Waals surface area contributed by atoms with Crippen molar-refractivity contribution < 1.29 is 4.79 Å². The van der Waals surface area contributed by atoms with Gasteiger partial charge >= 0.3 is 0 Å². The van der Waals surface area contributed by atoms with E-state index in [2.05, 4.69) is 10.6 Å². The fourth-order valence-electron chi connectivity index (χ4n) is 5.89. The first kappa shape index (κ1) is 13.1. The summed E-state index contributed by atoms with van der Waals surface area (Å²) in [6, 6.07) is 0.515. The van der Waals surface area contributed by atoms with Crippen LogP contribution in [0.4, 0.5) is 0 Å². The predicted octanol–water partition coefficient (Wildman–Crippen LogP) is 2.46. The summed E-state index contributed by atoms with van der Waals surface area (Å²) < 4.78 is 0. The van der Waals surface area contributed by atoms with Gasteiger partial charge in [0.1, 0.15) is 0 Å². The van der Waals surface area contributed by atoms with Gasteiger partial charge in [0.2, 0.25) is 5.91 Å².